The average molecular weight is 1280 g/mol. The molecule has 0 spiro atoms. The van der Waals surface area contributed by atoms with E-state index in [0.29, 0.717) is 17.4 Å². The number of aliphatic hydroxyl groups is 1. The Kier molecular flexibility index (Phi) is 70.0. The summed E-state index contributed by atoms with van der Waals surface area (Å²) in [6.07, 6.45) is 96.2. The number of nitrogens with zero attached hydrogens (tertiary/aromatic N) is 1. The molecule has 0 fully saturated rings. The number of unbranched alkanes of at least 4 members (excludes halogenated alkanes) is 58. The highest BCUT2D eigenvalue weighted by atomic mass is 31.2. The van der Waals surface area contributed by atoms with Crippen molar-refractivity contribution >= 4 is 13.7 Å². The van der Waals surface area contributed by atoms with Gasteiger partial charge in [-0.2, -0.15) is 0 Å². The third-order valence-corrected chi connectivity index (χ3v) is 19.6. The molecular weight excluding hydrogens is 1120 g/mol. The van der Waals surface area contributed by atoms with Crippen molar-refractivity contribution < 1.29 is 32.9 Å². The molecular formula is C80H158N2O6P+. The van der Waals surface area contributed by atoms with Gasteiger partial charge >= 0.3 is 7.82 Å². The van der Waals surface area contributed by atoms with Crippen molar-refractivity contribution in [1.29, 1.82) is 0 Å². The Morgan fingerprint density at radius 2 is 0.640 bits per heavy atom. The highest BCUT2D eigenvalue weighted by Crippen LogP contribution is 2.43. The maximum atomic E-state index is 13.1. The van der Waals surface area contributed by atoms with Crippen LogP contribution in [0.5, 0.6) is 0 Å². The van der Waals surface area contributed by atoms with Crippen molar-refractivity contribution in [2.75, 3.05) is 40.9 Å². The zero-order chi connectivity index (χ0) is 64.8. The average Bonchev–Trinajstić information content (AvgIpc) is 3.57. The first-order valence-corrected chi connectivity index (χ1v) is 41.4. The molecule has 0 aliphatic heterocycles. The zero-order valence-corrected chi connectivity index (χ0v) is 61.6. The minimum absolute atomic E-state index is 0.0643. The lowest BCUT2D eigenvalue weighted by Crippen LogP contribution is -2.45. The van der Waals surface area contributed by atoms with Crippen molar-refractivity contribution in [2.45, 2.75) is 431 Å². The maximum Gasteiger partial charge on any atom is 0.472 e. The van der Waals surface area contributed by atoms with E-state index in [9.17, 15) is 19.4 Å². The number of quaternary nitrogens is 1. The molecule has 89 heavy (non-hydrogen) atoms. The molecule has 0 bridgehead atoms. The molecule has 3 atom stereocenters. The van der Waals surface area contributed by atoms with Crippen molar-refractivity contribution in [1.82, 2.24) is 5.32 Å². The third kappa shape index (κ3) is 74.0. The molecule has 0 aliphatic rings. The minimum Gasteiger partial charge on any atom is -0.387 e. The van der Waals surface area contributed by atoms with Crippen molar-refractivity contribution in [3.63, 3.8) is 0 Å². The Morgan fingerprint density at radius 1 is 0.382 bits per heavy atom. The van der Waals surface area contributed by atoms with E-state index in [-0.39, 0.29) is 19.1 Å². The number of carbonyl (C=O) groups is 1. The second kappa shape index (κ2) is 71.0. The summed E-state index contributed by atoms with van der Waals surface area (Å²) < 4.78 is 23.9. The first kappa shape index (κ1) is 87.7. The fourth-order valence-corrected chi connectivity index (χ4v) is 13.2. The Balaban J connectivity index is 3.94. The number of rotatable bonds is 75. The fraction of sp³-hybridized carbons (Fsp3) is 0.912. The van der Waals surface area contributed by atoms with Crippen molar-refractivity contribution in [3.8, 4) is 0 Å². The summed E-state index contributed by atoms with van der Waals surface area (Å²) in [5, 5.41) is 14.1. The monoisotopic (exact) mass is 1270 g/mol. The fourth-order valence-electron chi connectivity index (χ4n) is 12.4. The number of phosphoric acid groups is 1. The predicted octanol–water partition coefficient (Wildman–Crippen LogP) is 26.0. The van der Waals surface area contributed by atoms with Gasteiger partial charge in [0.2, 0.25) is 5.91 Å². The predicted molar refractivity (Wildman–Crippen MR) is 392 cm³/mol. The van der Waals surface area contributed by atoms with Gasteiger partial charge in [0.25, 0.3) is 0 Å². The number of hydrogen-bond acceptors (Lipinski definition) is 5. The smallest absolute Gasteiger partial charge is 0.387 e. The lowest BCUT2D eigenvalue weighted by Gasteiger charge is -2.25. The number of hydrogen-bond donors (Lipinski definition) is 3. The largest absolute Gasteiger partial charge is 0.472 e. The van der Waals surface area contributed by atoms with Gasteiger partial charge in [0.1, 0.15) is 13.2 Å². The van der Waals surface area contributed by atoms with E-state index in [1.807, 2.05) is 27.2 Å². The maximum absolute atomic E-state index is 13.1. The van der Waals surface area contributed by atoms with Gasteiger partial charge in [-0.25, -0.2) is 4.57 Å². The molecule has 0 aliphatic carbocycles. The van der Waals surface area contributed by atoms with Crippen molar-refractivity contribution in [3.05, 3.63) is 36.5 Å². The third-order valence-electron chi connectivity index (χ3n) is 18.6. The van der Waals surface area contributed by atoms with E-state index in [1.165, 1.54) is 360 Å². The number of likely N-dealkylation sites (N-methyl/N-ethyl adjacent to an activating group) is 1. The van der Waals surface area contributed by atoms with Crippen LogP contribution in [0.4, 0.5) is 0 Å². The Labute approximate surface area is 557 Å². The van der Waals surface area contributed by atoms with Crippen molar-refractivity contribution in [2.24, 2.45) is 0 Å². The van der Waals surface area contributed by atoms with E-state index in [2.05, 4.69) is 43.5 Å². The molecule has 0 heterocycles. The zero-order valence-electron chi connectivity index (χ0n) is 60.7. The summed E-state index contributed by atoms with van der Waals surface area (Å²) in [5.41, 5.74) is 0. The molecule has 3 unspecified atom stereocenters. The van der Waals surface area contributed by atoms with Gasteiger partial charge in [0, 0.05) is 6.42 Å². The molecule has 0 aromatic rings. The van der Waals surface area contributed by atoms with E-state index in [0.717, 1.165) is 38.5 Å². The molecule has 9 heteroatoms. The van der Waals surface area contributed by atoms with Crippen LogP contribution in [0.1, 0.15) is 418 Å². The molecule has 8 nitrogen and oxygen atoms in total. The van der Waals surface area contributed by atoms with Gasteiger partial charge < -0.3 is 19.8 Å². The lowest BCUT2D eigenvalue weighted by atomic mass is 10.0. The van der Waals surface area contributed by atoms with Gasteiger partial charge in [-0.3, -0.25) is 13.8 Å². The van der Waals surface area contributed by atoms with Crippen LogP contribution in [0, 0.1) is 0 Å². The highest BCUT2D eigenvalue weighted by Gasteiger charge is 2.28. The van der Waals surface area contributed by atoms with Crippen LogP contribution in [0.15, 0.2) is 36.5 Å². The molecule has 0 radical (unpaired) electrons. The Bertz CT molecular complexity index is 1550. The molecule has 0 rings (SSSR count). The van der Waals surface area contributed by atoms with Crippen LogP contribution in [0.3, 0.4) is 0 Å². The SMILES string of the molecule is CCCCCCC/C=C\C/C=C\CCCCCCCCCCCCCCCCCCCCCCCCCCCC(=O)NC(COP(=O)(O)OCC[N+](C)(C)C)C(O)/C=C/CCCCCCCCCCCCCCCCCCCCCCCCCCCCCC. The van der Waals surface area contributed by atoms with Gasteiger partial charge in [-0.15, -0.1) is 0 Å². The molecule has 1 amide bonds. The summed E-state index contributed by atoms with van der Waals surface area (Å²) in [6, 6.07) is -0.847. The van der Waals surface area contributed by atoms with Crippen LogP contribution >= 0.6 is 7.82 Å². The number of phosphoric ester groups is 1. The molecule has 528 valence electrons. The number of amides is 1. The number of aliphatic hydroxyl groups excluding tert-OH is 1. The van der Waals surface area contributed by atoms with Gasteiger partial charge in [0.05, 0.1) is 39.9 Å². The van der Waals surface area contributed by atoms with Crippen LogP contribution in [-0.2, 0) is 18.4 Å². The topological polar surface area (TPSA) is 105 Å². The molecule has 3 N–H and O–H groups in total. The summed E-state index contributed by atoms with van der Waals surface area (Å²) in [6.45, 7) is 4.88. The van der Waals surface area contributed by atoms with E-state index >= 15 is 0 Å². The van der Waals surface area contributed by atoms with E-state index in [4.69, 9.17) is 9.05 Å². The Hall–Kier alpha value is -1.28. The van der Waals surface area contributed by atoms with Gasteiger partial charge in [-0.1, -0.05) is 397 Å². The van der Waals surface area contributed by atoms with E-state index < -0.39 is 20.0 Å². The highest BCUT2D eigenvalue weighted by molar-refractivity contribution is 7.47. The normalized spacial score (nSPS) is 13.7. The second-order valence-electron chi connectivity index (χ2n) is 28.8. The van der Waals surface area contributed by atoms with Crippen LogP contribution < -0.4 is 5.32 Å². The number of carbonyl (C=O) groups excluding carboxylic acids is 1. The quantitative estimate of drug-likeness (QED) is 0.0243. The van der Waals surface area contributed by atoms with Crippen LogP contribution in [0.2, 0.25) is 0 Å². The number of allylic oxidation sites excluding steroid dienone is 5. The molecule has 0 aromatic carbocycles. The van der Waals surface area contributed by atoms with E-state index in [1.54, 1.807) is 6.08 Å². The standard InChI is InChI=1S/C80H157N2O6P/c1-6-8-10-12-14-16-18-20-22-24-26-28-30-32-34-36-38-39-40-41-42-43-44-46-48-50-52-54-56-58-60-62-64-66-68-70-72-74-80(84)81-78(77-88-89(85,86)87-76-75-82(3,4)5)79(83)73-71-69-67-65-63-61-59-57-55-53-51-49-47-45-37-35-33-31-29-27-25-23-21-19-17-15-13-11-9-7-2/h18,20,24,26,71,73,78-79,83H,6-17,19,21-23,25,27-70,72,74-77H2,1-5H3,(H-,81,84,85,86)/p+1/b20-18-,26-24-,73-71+. The minimum atomic E-state index is -4.36. The Morgan fingerprint density at radius 3 is 0.921 bits per heavy atom. The summed E-state index contributed by atoms with van der Waals surface area (Å²) >= 11 is 0. The summed E-state index contributed by atoms with van der Waals surface area (Å²) in [5.74, 6) is -0.167. The van der Waals surface area contributed by atoms with Gasteiger partial charge in [-0.05, 0) is 51.4 Å². The first-order chi connectivity index (χ1) is 43.5. The summed E-state index contributed by atoms with van der Waals surface area (Å²) in [7, 11) is 1.59. The van der Waals surface area contributed by atoms with Gasteiger partial charge in [0.15, 0.2) is 0 Å². The first-order valence-electron chi connectivity index (χ1n) is 39.9. The lowest BCUT2D eigenvalue weighted by molar-refractivity contribution is -0.870. The van der Waals surface area contributed by atoms with Crippen LogP contribution in [-0.4, -0.2) is 73.4 Å². The molecule has 0 saturated heterocycles. The molecule has 0 saturated carbocycles. The summed E-state index contributed by atoms with van der Waals surface area (Å²) in [4.78, 5) is 23.5. The molecule has 0 aromatic heterocycles. The number of nitrogens with one attached hydrogen (secondary N) is 1. The second-order valence-corrected chi connectivity index (χ2v) is 30.3. The van der Waals surface area contributed by atoms with Crippen LogP contribution in [0.25, 0.3) is 0 Å².